The summed E-state index contributed by atoms with van der Waals surface area (Å²) in [4.78, 5) is 29.9. The molecule has 0 aliphatic heterocycles. The third kappa shape index (κ3) is 3.83. The molecule has 1 unspecified atom stereocenters. The van der Waals surface area contributed by atoms with E-state index in [2.05, 4.69) is 10.3 Å². The van der Waals surface area contributed by atoms with Crippen LogP contribution >= 0.6 is 0 Å². The van der Waals surface area contributed by atoms with Crippen molar-refractivity contribution in [1.29, 1.82) is 0 Å². The Morgan fingerprint density at radius 3 is 2.58 bits per heavy atom. The van der Waals surface area contributed by atoms with Gasteiger partial charge >= 0.3 is 5.97 Å². The van der Waals surface area contributed by atoms with E-state index in [0.29, 0.717) is 28.4 Å². The molecule has 0 saturated heterocycles. The van der Waals surface area contributed by atoms with E-state index in [-0.39, 0.29) is 12.3 Å². The summed E-state index contributed by atoms with van der Waals surface area (Å²) in [5.74, 6) is -2.31. The lowest BCUT2D eigenvalue weighted by Crippen LogP contribution is -2.20. The first-order valence-electron chi connectivity index (χ1n) is 8.09. The first-order chi connectivity index (χ1) is 12.4. The van der Waals surface area contributed by atoms with Crippen LogP contribution in [0.1, 0.15) is 17.9 Å². The van der Waals surface area contributed by atoms with Gasteiger partial charge < -0.3 is 19.7 Å². The van der Waals surface area contributed by atoms with Crippen LogP contribution in [0.15, 0.2) is 52.9 Å². The predicted octanol–water partition coefficient (Wildman–Crippen LogP) is 3.09. The largest absolute Gasteiger partial charge is 0.481 e. The van der Waals surface area contributed by atoms with Crippen LogP contribution in [0, 0.1) is 0 Å². The number of carboxylic acid groups (broad SMARTS) is 1. The number of aromatic nitrogens is 1. The van der Waals surface area contributed by atoms with Crippen molar-refractivity contribution >= 4 is 34.7 Å². The van der Waals surface area contributed by atoms with Gasteiger partial charge in [0.2, 0.25) is 5.91 Å². The number of oxazole rings is 1. The molecule has 0 fully saturated rings. The number of hydrogen-bond donors (Lipinski definition) is 2. The van der Waals surface area contributed by atoms with Gasteiger partial charge in [0.05, 0.1) is 5.92 Å². The lowest BCUT2D eigenvalue weighted by atomic mass is 9.95. The third-order valence-electron chi connectivity index (χ3n) is 3.93. The van der Waals surface area contributed by atoms with Crippen LogP contribution in [0.2, 0.25) is 0 Å². The van der Waals surface area contributed by atoms with E-state index in [1.807, 2.05) is 14.1 Å². The quantitative estimate of drug-likeness (QED) is 0.707. The zero-order valence-electron chi connectivity index (χ0n) is 14.5. The summed E-state index contributed by atoms with van der Waals surface area (Å²) in [6, 6.07) is 14.3. The van der Waals surface area contributed by atoms with Crippen molar-refractivity contribution in [3.63, 3.8) is 0 Å². The normalized spacial score (nSPS) is 11.9. The van der Waals surface area contributed by atoms with Crippen molar-refractivity contribution < 1.29 is 19.1 Å². The molecule has 26 heavy (non-hydrogen) atoms. The number of aliphatic carboxylic acids is 1. The van der Waals surface area contributed by atoms with Crippen molar-refractivity contribution in [2.45, 2.75) is 12.3 Å². The molecule has 1 heterocycles. The number of nitrogens with zero attached hydrogens (tertiary/aromatic N) is 2. The smallest absolute Gasteiger partial charge is 0.311 e. The Bertz CT molecular complexity index is 934. The van der Waals surface area contributed by atoms with Crippen molar-refractivity contribution in [3.05, 3.63) is 54.1 Å². The van der Waals surface area contributed by atoms with Gasteiger partial charge in [-0.05, 0) is 23.8 Å². The fraction of sp³-hybridized carbons (Fsp3) is 0.211. The zero-order chi connectivity index (χ0) is 18.7. The summed E-state index contributed by atoms with van der Waals surface area (Å²) < 4.78 is 5.57. The molecular weight excluding hydrogens is 334 g/mol. The zero-order valence-corrected chi connectivity index (χ0v) is 14.5. The number of hydrogen-bond acceptors (Lipinski definition) is 5. The Kier molecular flexibility index (Phi) is 4.88. The van der Waals surface area contributed by atoms with Gasteiger partial charge in [-0.2, -0.15) is 4.98 Å². The van der Waals surface area contributed by atoms with Gasteiger partial charge in [-0.15, -0.1) is 0 Å². The van der Waals surface area contributed by atoms with E-state index >= 15 is 0 Å². The Morgan fingerprint density at radius 1 is 1.19 bits per heavy atom. The highest BCUT2D eigenvalue weighted by Crippen LogP contribution is 2.25. The number of benzene rings is 2. The molecule has 2 aromatic carbocycles. The number of anilines is 2. The maximum absolute atomic E-state index is 12.3. The van der Waals surface area contributed by atoms with E-state index in [9.17, 15) is 14.7 Å². The number of carbonyl (C=O) groups excluding carboxylic acids is 1. The minimum Gasteiger partial charge on any atom is -0.481 e. The maximum atomic E-state index is 12.3. The monoisotopic (exact) mass is 353 g/mol. The van der Waals surface area contributed by atoms with E-state index in [1.54, 1.807) is 53.4 Å². The van der Waals surface area contributed by atoms with Crippen LogP contribution < -0.4 is 10.2 Å². The van der Waals surface area contributed by atoms with E-state index in [1.165, 1.54) is 0 Å². The standard InChI is InChI=1S/C19H19N3O4/c1-22(2)19-21-15-10-13(8-9-16(15)26-19)20-17(23)11-14(18(24)25)12-6-4-3-5-7-12/h3-10,14H,11H2,1-2H3,(H,20,23)(H,24,25). The van der Waals surface area contributed by atoms with Crippen LogP contribution in [0.3, 0.4) is 0 Å². The fourth-order valence-electron chi connectivity index (χ4n) is 2.61. The molecule has 1 aromatic heterocycles. The summed E-state index contributed by atoms with van der Waals surface area (Å²) >= 11 is 0. The third-order valence-corrected chi connectivity index (χ3v) is 3.93. The van der Waals surface area contributed by atoms with Crippen molar-refractivity contribution in [2.75, 3.05) is 24.3 Å². The lowest BCUT2D eigenvalue weighted by molar-refractivity contribution is -0.140. The summed E-state index contributed by atoms with van der Waals surface area (Å²) in [6.07, 6.45) is -0.154. The molecule has 0 spiro atoms. The lowest BCUT2D eigenvalue weighted by Gasteiger charge is -2.12. The summed E-state index contributed by atoms with van der Waals surface area (Å²) in [7, 11) is 3.64. The van der Waals surface area contributed by atoms with Gasteiger partial charge in [-0.1, -0.05) is 30.3 Å². The second kappa shape index (κ2) is 7.26. The molecule has 0 saturated carbocycles. The van der Waals surface area contributed by atoms with Crippen LogP contribution in [-0.4, -0.2) is 36.1 Å². The molecule has 0 aliphatic rings. The second-order valence-electron chi connectivity index (χ2n) is 6.13. The van der Waals surface area contributed by atoms with Gasteiger partial charge in [0.25, 0.3) is 6.01 Å². The fourth-order valence-corrected chi connectivity index (χ4v) is 2.61. The van der Waals surface area contributed by atoms with Gasteiger partial charge in [0, 0.05) is 26.2 Å². The number of amides is 1. The summed E-state index contributed by atoms with van der Waals surface area (Å²) in [5, 5.41) is 12.2. The van der Waals surface area contributed by atoms with Gasteiger partial charge in [-0.25, -0.2) is 0 Å². The van der Waals surface area contributed by atoms with Crippen LogP contribution in [0.25, 0.3) is 11.1 Å². The molecule has 3 rings (SSSR count). The van der Waals surface area contributed by atoms with Crippen molar-refractivity contribution in [3.8, 4) is 0 Å². The molecule has 0 radical (unpaired) electrons. The van der Waals surface area contributed by atoms with Crippen LogP contribution in [-0.2, 0) is 9.59 Å². The van der Waals surface area contributed by atoms with E-state index in [4.69, 9.17) is 4.42 Å². The predicted molar refractivity (Wildman–Crippen MR) is 98.4 cm³/mol. The summed E-state index contributed by atoms with van der Waals surface area (Å²) in [5.41, 5.74) is 2.36. The van der Waals surface area contributed by atoms with Gasteiger partial charge in [0.15, 0.2) is 5.58 Å². The minimum atomic E-state index is -1.03. The number of carbonyl (C=O) groups is 2. The highest BCUT2D eigenvalue weighted by molar-refractivity contribution is 5.96. The Hall–Kier alpha value is -3.35. The summed E-state index contributed by atoms with van der Waals surface area (Å²) in [6.45, 7) is 0. The Morgan fingerprint density at radius 2 is 1.92 bits per heavy atom. The molecule has 7 nitrogen and oxygen atoms in total. The number of nitrogens with one attached hydrogen (secondary N) is 1. The van der Waals surface area contributed by atoms with Crippen LogP contribution in [0.4, 0.5) is 11.7 Å². The average molecular weight is 353 g/mol. The van der Waals surface area contributed by atoms with Crippen molar-refractivity contribution in [1.82, 2.24) is 4.98 Å². The van der Waals surface area contributed by atoms with E-state index < -0.39 is 11.9 Å². The minimum absolute atomic E-state index is 0.154. The molecule has 3 aromatic rings. The Labute approximate surface area is 150 Å². The molecule has 0 bridgehead atoms. The highest BCUT2D eigenvalue weighted by Gasteiger charge is 2.23. The SMILES string of the molecule is CN(C)c1nc2cc(NC(=O)CC(C(=O)O)c3ccccc3)ccc2o1. The molecule has 1 amide bonds. The molecule has 134 valence electrons. The first kappa shape index (κ1) is 17.5. The average Bonchev–Trinajstić information content (AvgIpc) is 3.04. The molecule has 0 aliphatic carbocycles. The highest BCUT2D eigenvalue weighted by atomic mass is 16.4. The van der Waals surface area contributed by atoms with E-state index in [0.717, 1.165) is 0 Å². The molecule has 2 N–H and O–H groups in total. The molecule has 7 heteroatoms. The van der Waals surface area contributed by atoms with Gasteiger partial charge in [-0.3, -0.25) is 9.59 Å². The van der Waals surface area contributed by atoms with Gasteiger partial charge in [0.1, 0.15) is 5.52 Å². The first-order valence-corrected chi connectivity index (χ1v) is 8.09. The number of carboxylic acids is 1. The number of fused-ring (bicyclic) bond motifs is 1. The number of rotatable bonds is 6. The maximum Gasteiger partial charge on any atom is 0.311 e. The second-order valence-corrected chi connectivity index (χ2v) is 6.13. The van der Waals surface area contributed by atoms with Crippen LogP contribution in [0.5, 0.6) is 0 Å². The Balaban J connectivity index is 1.74. The molecule has 1 atom stereocenters. The van der Waals surface area contributed by atoms with Crippen molar-refractivity contribution in [2.24, 2.45) is 0 Å². The topological polar surface area (TPSA) is 95.7 Å². The molecular formula is C19H19N3O4.